The van der Waals surface area contributed by atoms with Gasteiger partial charge in [-0.3, -0.25) is 9.59 Å². The number of para-hydroxylation sites is 1. The molecule has 4 aromatic rings. The molecule has 11 heteroatoms. The fourth-order valence-electron chi connectivity index (χ4n) is 6.67. The second-order valence-electron chi connectivity index (χ2n) is 13.5. The Morgan fingerprint density at radius 1 is 1.04 bits per heavy atom. The van der Waals surface area contributed by atoms with Crippen molar-refractivity contribution >= 4 is 17.5 Å². The number of ether oxygens (including phenoxy) is 1. The van der Waals surface area contributed by atoms with Crippen LogP contribution in [0.3, 0.4) is 0 Å². The number of hydrogen-bond acceptors (Lipinski definition) is 9. The molecule has 240 valence electrons. The monoisotopic (exact) mass is 625 g/mol. The Morgan fingerprint density at radius 2 is 1.83 bits per heavy atom. The molecule has 1 unspecified atom stereocenters. The van der Waals surface area contributed by atoms with Gasteiger partial charge in [0.2, 0.25) is 23.6 Å². The quantitative estimate of drug-likeness (QED) is 0.237. The molecule has 0 radical (unpaired) electrons. The molecule has 46 heavy (non-hydrogen) atoms. The van der Waals surface area contributed by atoms with Gasteiger partial charge in [0.15, 0.2) is 17.7 Å². The van der Waals surface area contributed by atoms with Gasteiger partial charge in [-0.05, 0) is 41.0 Å². The van der Waals surface area contributed by atoms with Gasteiger partial charge in [-0.2, -0.15) is 0 Å². The third-order valence-corrected chi connectivity index (χ3v) is 9.27. The molecular formula is C35H39N5O6. The van der Waals surface area contributed by atoms with Crippen LogP contribution in [0.5, 0.6) is 5.75 Å². The summed E-state index contributed by atoms with van der Waals surface area (Å²) in [5.74, 6) is 0.399. The molecule has 5 heterocycles. The van der Waals surface area contributed by atoms with E-state index < -0.39 is 41.6 Å². The number of nitrogens with zero attached hydrogens (tertiary/aromatic N) is 2. The number of hydrogen-bond donors (Lipinski definition) is 4. The van der Waals surface area contributed by atoms with Gasteiger partial charge in [0.1, 0.15) is 35.6 Å². The number of nitrogens with one attached hydrogen (secondary N) is 3. The average molecular weight is 626 g/mol. The number of anilines is 1. The van der Waals surface area contributed by atoms with Crippen LogP contribution in [0.2, 0.25) is 0 Å². The maximum atomic E-state index is 14.0. The molecule has 11 nitrogen and oxygen atoms in total. The lowest BCUT2D eigenvalue weighted by Crippen LogP contribution is -2.52. The maximum Gasteiger partial charge on any atom is 0.249 e. The third kappa shape index (κ3) is 4.59. The Labute approximate surface area is 267 Å². The Kier molecular flexibility index (Phi) is 7.19. The summed E-state index contributed by atoms with van der Waals surface area (Å²) in [5, 5.41) is 20.0. The Bertz CT molecular complexity index is 1830. The first-order chi connectivity index (χ1) is 22.0. The molecule has 0 aliphatic carbocycles. The molecule has 7 rings (SSSR count). The van der Waals surface area contributed by atoms with Crippen LogP contribution < -0.4 is 20.7 Å². The zero-order chi connectivity index (χ0) is 32.5. The number of rotatable bonds is 6. The highest BCUT2D eigenvalue weighted by molar-refractivity contribution is 5.90. The summed E-state index contributed by atoms with van der Waals surface area (Å²) >= 11 is 0. The Balaban J connectivity index is 1.48. The number of aliphatic hydroxyl groups excluding tert-OH is 1. The van der Waals surface area contributed by atoms with Gasteiger partial charge in [0.05, 0.1) is 5.69 Å². The predicted molar refractivity (Wildman–Crippen MR) is 169 cm³/mol. The number of carbonyl (C=O) groups is 2. The first kappa shape index (κ1) is 30.0. The molecule has 0 saturated heterocycles. The first-order valence-corrected chi connectivity index (χ1v) is 15.9. The van der Waals surface area contributed by atoms with E-state index in [0.29, 0.717) is 23.1 Å². The SMILES string of the molecule is CC(C)c1coc(-c2nc3oc2C24c5ccccc5N[C@@H]2Oc2ccc(cc24)C[C@H](NC(=O)[C@@H](O)C(C)C)C(=O)N[C@H]3C(C)C)n1. The number of oxazole rings is 2. The van der Waals surface area contributed by atoms with Gasteiger partial charge in [0.25, 0.3) is 0 Å². The van der Waals surface area contributed by atoms with E-state index >= 15 is 0 Å². The van der Waals surface area contributed by atoms with Gasteiger partial charge in [0, 0.05) is 17.7 Å². The number of carbonyl (C=O) groups excluding carboxylic acids is 2. The van der Waals surface area contributed by atoms with Crippen molar-refractivity contribution < 1.29 is 28.3 Å². The molecule has 5 atom stereocenters. The summed E-state index contributed by atoms with van der Waals surface area (Å²) < 4.78 is 19.5. The van der Waals surface area contributed by atoms with Crippen LogP contribution in [-0.4, -0.2) is 45.3 Å². The zero-order valence-electron chi connectivity index (χ0n) is 26.8. The largest absolute Gasteiger partial charge is 0.469 e. The normalized spacial score (nSPS) is 23.6. The Morgan fingerprint density at radius 3 is 2.54 bits per heavy atom. The van der Waals surface area contributed by atoms with Crippen molar-refractivity contribution in [1.29, 1.82) is 0 Å². The molecule has 3 aliphatic rings. The molecule has 0 fully saturated rings. The van der Waals surface area contributed by atoms with Crippen LogP contribution in [0, 0.1) is 11.8 Å². The van der Waals surface area contributed by atoms with Crippen molar-refractivity contribution in [3.05, 3.63) is 82.8 Å². The predicted octanol–water partition coefficient (Wildman–Crippen LogP) is 4.80. The lowest BCUT2D eigenvalue weighted by Gasteiger charge is -2.29. The minimum atomic E-state index is -1.26. The molecular weight excluding hydrogens is 586 g/mol. The van der Waals surface area contributed by atoms with Gasteiger partial charge < -0.3 is 34.6 Å². The van der Waals surface area contributed by atoms with E-state index in [1.165, 1.54) is 0 Å². The maximum absolute atomic E-state index is 14.0. The van der Waals surface area contributed by atoms with Gasteiger partial charge in [-0.25, -0.2) is 9.97 Å². The number of aliphatic hydroxyl groups is 1. The van der Waals surface area contributed by atoms with Gasteiger partial charge >= 0.3 is 0 Å². The zero-order valence-corrected chi connectivity index (χ0v) is 26.8. The number of aromatic nitrogens is 2. The van der Waals surface area contributed by atoms with E-state index in [4.69, 9.17) is 23.5 Å². The average Bonchev–Trinajstić information content (AvgIpc) is 3.79. The summed E-state index contributed by atoms with van der Waals surface area (Å²) in [6.45, 7) is 11.5. The van der Waals surface area contributed by atoms with E-state index in [2.05, 4.69) is 22.0 Å². The second kappa shape index (κ2) is 11.0. The van der Waals surface area contributed by atoms with E-state index in [1.54, 1.807) is 20.1 Å². The first-order valence-electron chi connectivity index (χ1n) is 15.9. The molecule has 4 bridgehead atoms. The van der Waals surface area contributed by atoms with Gasteiger partial charge in [-0.15, -0.1) is 0 Å². The summed E-state index contributed by atoms with van der Waals surface area (Å²) in [4.78, 5) is 36.8. The van der Waals surface area contributed by atoms with Crippen molar-refractivity contribution in [3.63, 3.8) is 0 Å². The van der Waals surface area contributed by atoms with Gasteiger partial charge in [-0.1, -0.05) is 71.9 Å². The second-order valence-corrected chi connectivity index (χ2v) is 13.5. The molecule has 2 aromatic heterocycles. The molecule has 3 aliphatic heterocycles. The van der Waals surface area contributed by atoms with E-state index in [9.17, 15) is 14.7 Å². The summed E-state index contributed by atoms with van der Waals surface area (Å²) in [7, 11) is 0. The highest BCUT2D eigenvalue weighted by Crippen LogP contribution is 2.59. The fraction of sp³-hybridized carbons (Fsp3) is 0.429. The minimum Gasteiger partial charge on any atom is -0.469 e. The van der Waals surface area contributed by atoms with E-state index in [1.807, 2.05) is 64.1 Å². The van der Waals surface area contributed by atoms with Crippen molar-refractivity contribution in [2.24, 2.45) is 11.8 Å². The van der Waals surface area contributed by atoms with Crippen LogP contribution in [0.1, 0.15) is 87.5 Å². The topological polar surface area (TPSA) is 152 Å². The van der Waals surface area contributed by atoms with Crippen LogP contribution in [0.15, 0.2) is 57.6 Å². The van der Waals surface area contributed by atoms with E-state index in [0.717, 1.165) is 28.1 Å². The van der Waals surface area contributed by atoms with Crippen LogP contribution >= 0.6 is 0 Å². The Hall–Kier alpha value is -4.64. The standard InChI is InChI=1S/C35H39N5O6/c1-16(2)24-15-44-32(37-24)27-29-35-20-9-7-8-10-22(20)38-34(35)45-25-12-11-19(13-21(25)35)14-23(36-31(43)28(41)18(5)6)30(42)39-26(17(3)4)33(40-27)46-29/h7-13,15-18,23,26,28,34,38,41H,14H2,1-6H3,(H,36,43)(H,39,42)/t23-,26-,28-,34+,35?/m0/s1. The van der Waals surface area contributed by atoms with Crippen molar-refractivity contribution in [2.45, 2.75) is 83.7 Å². The number of benzene rings is 2. The van der Waals surface area contributed by atoms with Crippen molar-refractivity contribution in [3.8, 4) is 17.3 Å². The summed E-state index contributed by atoms with van der Waals surface area (Å²) in [6.07, 6.45) is -0.00415. The molecule has 4 N–H and O–H groups in total. The van der Waals surface area contributed by atoms with Crippen LogP contribution in [-0.2, 0) is 21.4 Å². The summed E-state index contributed by atoms with van der Waals surface area (Å²) in [6, 6.07) is 12.2. The van der Waals surface area contributed by atoms with Crippen LogP contribution in [0.25, 0.3) is 11.6 Å². The summed E-state index contributed by atoms with van der Waals surface area (Å²) in [5.41, 5.74) is 3.71. The highest BCUT2D eigenvalue weighted by atomic mass is 16.5. The fourth-order valence-corrected chi connectivity index (χ4v) is 6.67. The minimum absolute atomic E-state index is 0.128. The molecule has 2 amide bonds. The molecule has 0 saturated carbocycles. The highest BCUT2D eigenvalue weighted by Gasteiger charge is 2.61. The van der Waals surface area contributed by atoms with Crippen molar-refractivity contribution in [2.75, 3.05) is 5.32 Å². The lowest BCUT2D eigenvalue weighted by atomic mass is 9.72. The van der Waals surface area contributed by atoms with Crippen LogP contribution in [0.4, 0.5) is 5.69 Å². The lowest BCUT2D eigenvalue weighted by molar-refractivity contribution is -0.135. The molecule has 1 spiro atoms. The number of fused-ring (bicyclic) bond motifs is 4. The smallest absolute Gasteiger partial charge is 0.249 e. The van der Waals surface area contributed by atoms with E-state index in [-0.39, 0.29) is 30.1 Å². The third-order valence-electron chi connectivity index (χ3n) is 9.27. The number of amides is 2. The van der Waals surface area contributed by atoms with Crippen molar-refractivity contribution in [1.82, 2.24) is 20.6 Å². The molecule has 2 aromatic carbocycles.